The van der Waals surface area contributed by atoms with Gasteiger partial charge < -0.3 is 14.6 Å². The van der Waals surface area contributed by atoms with Crippen molar-refractivity contribution in [2.75, 3.05) is 6.61 Å². The van der Waals surface area contributed by atoms with Crippen molar-refractivity contribution in [1.82, 2.24) is 0 Å². The van der Waals surface area contributed by atoms with Crippen molar-refractivity contribution in [3.63, 3.8) is 0 Å². The van der Waals surface area contributed by atoms with Crippen LogP contribution in [0.4, 0.5) is 4.39 Å². The first kappa shape index (κ1) is 12.0. The maximum atomic E-state index is 13.2. The third-order valence-corrected chi connectivity index (χ3v) is 3.07. The Kier molecular flexibility index (Phi) is 3.09. The van der Waals surface area contributed by atoms with Gasteiger partial charge in [-0.05, 0) is 29.8 Å². The van der Waals surface area contributed by atoms with E-state index >= 15 is 0 Å². The molecule has 0 amide bonds. The third-order valence-electron chi connectivity index (χ3n) is 3.07. The van der Waals surface area contributed by atoms with Crippen LogP contribution in [0, 0.1) is 5.82 Å². The highest BCUT2D eigenvalue weighted by Crippen LogP contribution is 2.34. The second-order valence-electron chi connectivity index (χ2n) is 4.41. The molecule has 0 fully saturated rings. The molecule has 0 aromatic heterocycles. The molecule has 1 aliphatic rings. The second-order valence-corrected chi connectivity index (χ2v) is 4.41. The highest BCUT2D eigenvalue weighted by Gasteiger charge is 2.28. The smallest absolute Gasteiger partial charge is 0.163 e. The maximum Gasteiger partial charge on any atom is 0.163 e. The largest absolute Gasteiger partial charge is 0.486 e. The summed E-state index contributed by atoms with van der Waals surface area (Å²) in [6.45, 7) is 0.231. The summed E-state index contributed by atoms with van der Waals surface area (Å²) in [7, 11) is 0. The Morgan fingerprint density at radius 1 is 1.11 bits per heavy atom. The minimum Gasteiger partial charge on any atom is -0.486 e. The zero-order valence-corrected chi connectivity index (χ0v) is 10.1. The summed E-state index contributed by atoms with van der Waals surface area (Å²) in [6.07, 6.45) is -1.47. The summed E-state index contributed by atoms with van der Waals surface area (Å²) in [5, 5.41) is 10.2. The standard InChI is InChI=1S/C15H13FO3/c16-11-5-3-4-10(8-11)15(17)14-9-18-12-6-1-2-7-13(12)19-14/h1-8,14-15,17H,9H2. The van der Waals surface area contributed by atoms with Crippen LogP contribution in [0.3, 0.4) is 0 Å². The molecule has 2 unspecified atom stereocenters. The van der Waals surface area contributed by atoms with E-state index < -0.39 is 12.2 Å². The number of ether oxygens (including phenoxy) is 2. The van der Waals surface area contributed by atoms with Gasteiger partial charge in [-0.3, -0.25) is 0 Å². The number of aliphatic hydroxyl groups excluding tert-OH is 1. The van der Waals surface area contributed by atoms with Gasteiger partial charge in [-0.15, -0.1) is 0 Å². The Morgan fingerprint density at radius 3 is 2.68 bits per heavy atom. The fraction of sp³-hybridized carbons (Fsp3) is 0.200. The first-order chi connectivity index (χ1) is 9.24. The molecule has 0 saturated heterocycles. The van der Waals surface area contributed by atoms with E-state index in [1.807, 2.05) is 12.1 Å². The average molecular weight is 260 g/mol. The van der Waals surface area contributed by atoms with Gasteiger partial charge in [-0.25, -0.2) is 4.39 Å². The summed E-state index contributed by atoms with van der Waals surface area (Å²) in [4.78, 5) is 0. The van der Waals surface area contributed by atoms with E-state index in [1.54, 1.807) is 24.3 Å². The predicted molar refractivity (Wildman–Crippen MR) is 67.7 cm³/mol. The molecule has 0 aliphatic carbocycles. The van der Waals surface area contributed by atoms with Gasteiger partial charge in [0.25, 0.3) is 0 Å². The molecule has 3 rings (SSSR count). The lowest BCUT2D eigenvalue weighted by Crippen LogP contribution is -2.34. The number of halogens is 1. The molecule has 1 heterocycles. The lowest BCUT2D eigenvalue weighted by molar-refractivity contribution is -0.0114. The number of aliphatic hydroxyl groups is 1. The number of rotatable bonds is 2. The SMILES string of the molecule is OC(c1cccc(F)c1)C1COc2ccccc2O1. The van der Waals surface area contributed by atoms with Gasteiger partial charge in [0, 0.05) is 0 Å². The molecular formula is C15H13FO3. The summed E-state index contributed by atoms with van der Waals surface area (Å²) in [5.74, 6) is 0.869. The molecular weight excluding hydrogens is 247 g/mol. The lowest BCUT2D eigenvalue weighted by Gasteiger charge is -2.29. The van der Waals surface area contributed by atoms with E-state index in [4.69, 9.17) is 9.47 Å². The summed E-state index contributed by atoms with van der Waals surface area (Å²) in [6, 6.07) is 13.1. The zero-order chi connectivity index (χ0) is 13.2. The number of benzene rings is 2. The van der Waals surface area contributed by atoms with Crippen molar-refractivity contribution < 1.29 is 19.0 Å². The van der Waals surface area contributed by atoms with Crippen molar-refractivity contribution in [3.05, 3.63) is 59.9 Å². The van der Waals surface area contributed by atoms with E-state index in [0.29, 0.717) is 17.1 Å². The van der Waals surface area contributed by atoms with Crippen molar-refractivity contribution in [2.24, 2.45) is 0 Å². The minimum absolute atomic E-state index is 0.231. The Balaban J connectivity index is 1.81. The van der Waals surface area contributed by atoms with Crippen molar-refractivity contribution in [1.29, 1.82) is 0 Å². The Labute approximate surface area is 110 Å². The van der Waals surface area contributed by atoms with Crippen molar-refractivity contribution >= 4 is 0 Å². The molecule has 19 heavy (non-hydrogen) atoms. The van der Waals surface area contributed by atoms with Gasteiger partial charge in [0.2, 0.25) is 0 Å². The maximum absolute atomic E-state index is 13.2. The molecule has 98 valence electrons. The normalized spacial score (nSPS) is 18.9. The van der Waals surface area contributed by atoms with Crippen molar-refractivity contribution in [2.45, 2.75) is 12.2 Å². The van der Waals surface area contributed by atoms with E-state index in [0.717, 1.165) is 0 Å². The Morgan fingerprint density at radius 2 is 1.89 bits per heavy atom. The molecule has 2 aromatic carbocycles. The van der Waals surface area contributed by atoms with Gasteiger partial charge in [0.05, 0.1) is 0 Å². The number of hydrogen-bond acceptors (Lipinski definition) is 3. The van der Waals surface area contributed by atoms with Crippen molar-refractivity contribution in [3.8, 4) is 11.5 Å². The van der Waals surface area contributed by atoms with Crippen LogP contribution in [0.1, 0.15) is 11.7 Å². The van der Waals surface area contributed by atoms with Gasteiger partial charge >= 0.3 is 0 Å². The summed E-state index contributed by atoms with van der Waals surface area (Å²) < 4.78 is 24.4. The fourth-order valence-electron chi connectivity index (χ4n) is 2.10. The van der Waals surface area contributed by atoms with Crippen LogP contribution in [-0.2, 0) is 0 Å². The molecule has 1 aliphatic heterocycles. The van der Waals surface area contributed by atoms with E-state index in [-0.39, 0.29) is 12.4 Å². The van der Waals surface area contributed by atoms with Crippen LogP contribution in [0.25, 0.3) is 0 Å². The monoisotopic (exact) mass is 260 g/mol. The number of para-hydroxylation sites is 2. The predicted octanol–water partition coefficient (Wildman–Crippen LogP) is 2.70. The van der Waals surface area contributed by atoms with Crippen LogP contribution < -0.4 is 9.47 Å². The lowest BCUT2D eigenvalue weighted by atomic mass is 10.0. The molecule has 1 N–H and O–H groups in total. The van der Waals surface area contributed by atoms with Crippen LogP contribution >= 0.6 is 0 Å². The zero-order valence-electron chi connectivity index (χ0n) is 10.1. The first-order valence-corrected chi connectivity index (χ1v) is 6.06. The average Bonchev–Trinajstić information content (AvgIpc) is 2.46. The van der Waals surface area contributed by atoms with E-state index in [1.165, 1.54) is 12.1 Å². The molecule has 3 nitrogen and oxygen atoms in total. The Bertz CT molecular complexity index is 585. The molecule has 4 heteroatoms. The van der Waals surface area contributed by atoms with Crippen LogP contribution in [0.5, 0.6) is 11.5 Å². The molecule has 0 spiro atoms. The molecule has 2 atom stereocenters. The van der Waals surface area contributed by atoms with Gasteiger partial charge in [0.1, 0.15) is 18.5 Å². The fourth-order valence-corrected chi connectivity index (χ4v) is 2.10. The molecule has 0 saturated carbocycles. The second kappa shape index (κ2) is 4.90. The van der Waals surface area contributed by atoms with E-state index in [9.17, 15) is 9.50 Å². The third kappa shape index (κ3) is 2.39. The van der Waals surface area contributed by atoms with Gasteiger partial charge in [-0.1, -0.05) is 24.3 Å². The van der Waals surface area contributed by atoms with Crippen LogP contribution in [0.2, 0.25) is 0 Å². The molecule has 2 aromatic rings. The molecule has 0 bridgehead atoms. The minimum atomic E-state index is -0.927. The van der Waals surface area contributed by atoms with Gasteiger partial charge in [0.15, 0.2) is 17.6 Å². The topological polar surface area (TPSA) is 38.7 Å². The highest BCUT2D eigenvalue weighted by molar-refractivity contribution is 5.41. The number of fused-ring (bicyclic) bond motifs is 1. The van der Waals surface area contributed by atoms with Crippen LogP contribution in [0.15, 0.2) is 48.5 Å². The summed E-state index contributed by atoms with van der Waals surface area (Å²) >= 11 is 0. The molecule has 0 radical (unpaired) electrons. The van der Waals surface area contributed by atoms with Crippen LogP contribution in [-0.4, -0.2) is 17.8 Å². The first-order valence-electron chi connectivity index (χ1n) is 6.06. The number of hydrogen-bond donors (Lipinski definition) is 1. The Hall–Kier alpha value is -2.07. The summed E-state index contributed by atoms with van der Waals surface area (Å²) in [5.41, 5.74) is 0.480. The quantitative estimate of drug-likeness (QED) is 0.902. The van der Waals surface area contributed by atoms with E-state index in [2.05, 4.69) is 0 Å². The van der Waals surface area contributed by atoms with Gasteiger partial charge in [-0.2, -0.15) is 0 Å². The highest BCUT2D eigenvalue weighted by atomic mass is 19.1.